The van der Waals surface area contributed by atoms with Crippen LogP contribution in [0, 0.1) is 0 Å². The zero-order valence-electron chi connectivity index (χ0n) is 9.63. The molecule has 1 aromatic heterocycles. The minimum absolute atomic E-state index is 0.353. The topological polar surface area (TPSA) is 45.4 Å². The van der Waals surface area contributed by atoms with Crippen LogP contribution >= 0.6 is 0 Å². The van der Waals surface area contributed by atoms with Crippen LogP contribution in [0.3, 0.4) is 0 Å². The first kappa shape index (κ1) is 10.7. The number of hydrogen-bond acceptors (Lipinski definition) is 3. The van der Waals surface area contributed by atoms with Crippen molar-refractivity contribution in [3.63, 3.8) is 0 Å². The van der Waals surface area contributed by atoms with Gasteiger partial charge in [-0.05, 0) is 23.3 Å². The Morgan fingerprint density at radius 2 is 1.83 bits per heavy atom. The molecule has 0 spiro atoms. The monoisotopic (exact) mass is 239 g/mol. The van der Waals surface area contributed by atoms with E-state index in [9.17, 15) is 5.11 Å². The van der Waals surface area contributed by atoms with Crippen LogP contribution in [0.5, 0.6) is 11.7 Å². The van der Waals surface area contributed by atoms with Crippen molar-refractivity contribution in [3.05, 3.63) is 60.4 Å². The van der Waals surface area contributed by atoms with Crippen molar-refractivity contribution < 1.29 is 14.3 Å². The molecule has 0 radical (unpaired) electrons. The summed E-state index contributed by atoms with van der Waals surface area (Å²) >= 11 is 0. The van der Waals surface area contributed by atoms with Crippen molar-refractivity contribution >= 4 is 10.8 Å². The Kier molecular flexibility index (Phi) is 2.65. The summed E-state index contributed by atoms with van der Waals surface area (Å²) in [7, 11) is 0. The predicted octanol–water partition coefficient (Wildman–Crippen LogP) is 3.09. The van der Waals surface area contributed by atoms with Gasteiger partial charge < -0.3 is 14.3 Å². The fourth-order valence-electron chi connectivity index (χ4n) is 1.90. The van der Waals surface area contributed by atoms with Gasteiger partial charge in [0.25, 0.3) is 0 Å². The fourth-order valence-corrected chi connectivity index (χ4v) is 1.90. The molecule has 3 rings (SSSR count). The van der Waals surface area contributed by atoms with Crippen molar-refractivity contribution in [2.24, 2.45) is 0 Å². The van der Waals surface area contributed by atoms with Crippen LogP contribution in [0.25, 0.3) is 10.8 Å². The highest BCUT2D eigenvalue weighted by molar-refractivity contribution is 5.91. The Morgan fingerprint density at radius 1 is 1.00 bits per heavy atom. The van der Waals surface area contributed by atoms with Crippen LogP contribution in [0.15, 0.2) is 59.2 Å². The highest BCUT2D eigenvalue weighted by atomic mass is 16.5. The second-order valence-electron chi connectivity index (χ2n) is 4.02. The van der Waals surface area contributed by atoms with Crippen molar-refractivity contribution in [1.29, 1.82) is 0 Å². The number of ether oxygens (including phenoxy) is 1. The van der Waals surface area contributed by atoms with Crippen molar-refractivity contribution in [2.45, 2.75) is 6.61 Å². The molecule has 0 amide bonds. The van der Waals surface area contributed by atoms with Crippen LogP contribution < -0.4 is 9.84 Å². The molecule has 0 aliphatic rings. The summed E-state index contributed by atoms with van der Waals surface area (Å²) in [6.07, 6.45) is 1.45. The van der Waals surface area contributed by atoms with Gasteiger partial charge in [0.2, 0.25) is 0 Å². The number of hydrogen-bond donors (Lipinski definition) is 0. The molecule has 1 heterocycles. The van der Waals surface area contributed by atoms with Gasteiger partial charge in [0.15, 0.2) is 0 Å². The number of fused-ring (bicyclic) bond motifs is 1. The van der Waals surface area contributed by atoms with Crippen molar-refractivity contribution in [2.75, 3.05) is 0 Å². The first-order valence-corrected chi connectivity index (χ1v) is 5.68. The largest absolute Gasteiger partial charge is 0.586 e. The molecule has 18 heavy (non-hydrogen) atoms. The maximum atomic E-state index is 11.6. The Labute approximate surface area is 104 Å². The third-order valence-electron chi connectivity index (χ3n) is 2.79. The Bertz CT molecular complexity index is 656. The van der Waals surface area contributed by atoms with Crippen molar-refractivity contribution in [1.82, 2.24) is 0 Å². The molecule has 3 aromatic rings. The SMILES string of the molecule is [O-]c1occ2cccc(OCc3ccccc3)c12. The summed E-state index contributed by atoms with van der Waals surface area (Å²) < 4.78 is 10.6. The number of furan rings is 1. The molecular formula is C15H11O3-. The molecule has 0 fully saturated rings. The van der Waals surface area contributed by atoms with Gasteiger partial charge in [-0.15, -0.1) is 0 Å². The molecule has 0 N–H and O–H groups in total. The molecule has 0 saturated heterocycles. The molecule has 0 unspecified atom stereocenters. The smallest absolute Gasteiger partial charge is 0.129 e. The maximum Gasteiger partial charge on any atom is 0.129 e. The molecule has 0 atom stereocenters. The Hall–Kier alpha value is -2.42. The lowest BCUT2D eigenvalue weighted by molar-refractivity contribution is -0.291. The van der Waals surface area contributed by atoms with Gasteiger partial charge in [-0.3, -0.25) is 0 Å². The van der Waals surface area contributed by atoms with E-state index in [-0.39, 0.29) is 5.95 Å². The molecule has 90 valence electrons. The quantitative estimate of drug-likeness (QED) is 0.705. The Morgan fingerprint density at radius 3 is 2.67 bits per heavy atom. The second kappa shape index (κ2) is 4.45. The fraction of sp³-hybridized carbons (Fsp3) is 0.0667. The van der Waals surface area contributed by atoms with E-state index in [1.54, 1.807) is 6.07 Å². The van der Waals surface area contributed by atoms with E-state index < -0.39 is 0 Å². The minimum Gasteiger partial charge on any atom is -0.586 e. The van der Waals surface area contributed by atoms with E-state index in [1.807, 2.05) is 42.5 Å². The third kappa shape index (κ3) is 1.91. The standard InChI is InChI=1S/C15H12O3/c16-15-14-12(10-18-15)7-4-8-13(14)17-9-11-5-2-1-3-6-11/h1-8,10,16H,9H2/p-1. The molecule has 0 aliphatic heterocycles. The minimum atomic E-state index is -0.353. The summed E-state index contributed by atoms with van der Waals surface area (Å²) in [6.45, 7) is 0.435. The van der Waals surface area contributed by atoms with Crippen LogP contribution in [-0.2, 0) is 6.61 Å². The zero-order chi connectivity index (χ0) is 12.4. The average Bonchev–Trinajstić information content (AvgIpc) is 2.80. The van der Waals surface area contributed by atoms with Crippen LogP contribution in [0.2, 0.25) is 0 Å². The average molecular weight is 239 g/mol. The second-order valence-corrected chi connectivity index (χ2v) is 4.02. The van der Waals surface area contributed by atoms with Crippen molar-refractivity contribution in [3.8, 4) is 11.7 Å². The lowest BCUT2D eigenvalue weighted by atomic mass is 10.2. The van der Waals surface area contributed by atoms with E-state index in [4.69, 9.17) is 9.15 Å². The van der Waals surface area contributed by atoms with E-state index in [0.717, 1.165) is 10.9 Å². The molecule has 2 aromatic carbocycles. The third-order valence-corrected chi connectivity index (χ3v) is 2.79. The zero-order valence-corrected chi connectivity index (χ0v) is 9.63. The first-order valence-electron chi connectivity index (χ1n) is 5.68. The summed E-state index contributed by atoms with van der Waals surface area (Å²) in [6, 6.07) is 15.3. The molecule has 0 bridgehead atoms. The molecule has 0 aliphatic carbocycles. The highest BCUT2D eigenvalue weighted by Gasteiger charge is 2.04. The van der Waals surface area contributed by atoms with Gasteiger partial charge in [-0.25, -0.2) is 0 Å². The van der Waals surface area contributed by atoms with Gasteiger partial charge in [0.05, 0.1) is 5.95 Å². The maximum absolute atomic E-state index is 11.6. The summed E-state index contributed by atoms with van der Waals surface area (Å²) in [4.78, 5) is 0. The molecular weight excluding hydrogens is 228 g/mol. The van der Waals surface area contributed by atoms with E-state index in [2.05, 4.69) is 0 Å². The van der Waals surface area contributed by atoms with E-state index in [1.165, 1.54) is 6.26 Å². The van der Waals surface area contributed by atoms with E-state index in [0.29, 0.717) is 17.7 Å². The normalized spacial score (nSPS) is 10.7. The van der Waals surface area contributed by atoms with Crippen LogP contribution in [0.1, 0.15) is 5.56 Å². The molecule has 3 nitrogen and oxygen atoms in total. The molecule has 0 saturated carbocycles. The lowest BCUT2D eigenvalue weighted by Crippen LogP contribution is -1.96. The van der Waals surface area contributed by atoms with Gasteiger partial charge >= 0.3 is 0 Å². The lowest BCUT2D eigenvalue weighted by Gasteiger charge is -2.09. The number of rotatable bonds is 3. The summed E-state index contributed by atoms with van der Waals surface area (Å²) in [5.74, 6) is 0.212. The Balaban J connectivity index is 1.89. The highest BCUT2D eigenvalue weighted by Crippen LogP contribution is 2.33. The molecule has 3 heteroatoms. The first-order chi connectivity index (χ1) is 8.84. The van der Waals surface area contributed by atoms with Crippen LogP contribution in [-0.4, -0.2) is 0 Å². The summed E-state index contributed by atoms with van der Waals surface area (Å²) in [5, 5.41) is 12.8. The van der Waals surface area contributed by atoms with E-state index >= 15 is 0 Å². The summed E-state index contributed by atoms with van der Waals surface area (Å²) in [5.41, 5.74) is 1.06. The van der Waals surface area contributed by atoms with Crippen LogP contribution in [0.4, 0.5) is 0 Å². The number of benzene rings is 2. The van der Waals surface area contributed by atoms with Gasteiger partial charge in [-0.1, -0.05) is 42.5 Å². The van der Waals surface area contributed by atoms with Gasteiger partial charge in [0, 0.05) is 5.39 Å². The predicted molar refractivity (Wildman–Crippen MR) is 66.4 cm³/mol. The van der Waals surface area contributed by atoms with Gasteiger partial charge in [-0.2, -0.15) is 0 Å². The van der Waals surface area contributed by atoms with Gasteiger partial charge in [0.1, 0.15) is 12.4 Å².